The molecule has 2 atom stereocenters. The van der Waals surface area contributed by atoms with Crippen molar-refractivity contribution in [3.8, 4) is 0 Å². The molecule has 0 saturated carbocycles. The summed E-state index contributed by atoms with van der Waals surface area (Å²) < 4.78 is 0. The first-order valence-corrected chi connectivity index (χ1v) is 6.75. The van der Waals surface area contributed by atoms with Gasteiger partial charge in [-0.15, -0.1) is 0 Å². The van der Waals surface area contributed by atoms with E-state index in [9.17, 15) is 10.1 Å². The second-order valence-electron chi connectivity index (χ2n) is 5.38. The monoisotopic (exact) mass is 262 g/mol. The predicted molar refractivity (Wildman–Crippen MR) is 72.4 cm³/mol. The van der Waals surface area contributed by atoms with Crippen LogP contribution in [0.1, 0.15) is 18.5 Å². The van der Waals surface area contributed by atoms with Gasteiger partial charge >= 0.3 is 0 Å². The van der Waals surface area contributed by atoms with E-state index in [1.165, 1.54) is 6.42 Å². The second kappa shape index (κ2) is 4.77. The molecule has 1 aromatic rings. The maximum absolute atomic E-state index is 10.8. The summed E-state index contributed by atoms with van der Waals surface area (Å²) in [4.78, 5) is 17.1. The van der Waals surface area contributed by atoms with Crippen LogP contribution in [0.5, 0.6) is 0 Å². The summed E-state index contributed by atoms with van der Waals surface area (Å²) in [5.41, 5.74) is 0.593. The molecular weight excluding hydrogens is 244 g/mol. The van der Waals surface area contributed by atoms with Gasteiger partial charge in [0.1, 0.15) is 11.5 Å². The van der Waals surface area contributed by atoms with Crippen molar-refractivity contribution in [3.05, 3.63) is 27.9 Å². The third kappa shape index (κ3) is 2.28. The minimum atomic E-state index is -0.376. The number of nitrogens with one attached hydrogen (secondary N) is 1. The van der Waals surface area contributed by atoms with E-state index < -0.39 is 0 Å². The highest BCUT2D eigenvalue weighted by atomic mass is 16.6. The Balaban J connectivity index is 1.79. The number of aromatic nitrogens is 1. The van der Waals surface area contributed by atoms with Crippen molar-refractivity contribution in [2.45, 2.75) is 25.8 Å². The van der Waals surface area contributed by atoms with Gasteiger partial charge in [-0.2, -0.15) is 0 Å². The summed E-state index contributed by atoms with van der Waals surface area (Å²) in [5.74, 6) is 1.56. The Bertz CT molecular complexity index is 505. The van der Waals surface area contributed by atoms with E-state index in [4.69, 9.17) is 0 Å². The lowest BCUT2D eigenvalue weighted by Gasteiger charge is -2.35. The maximum atomic E-state index is 10.8. The van der Waals surface area contributed by atoms with E-state index in [1.807, 2.05) is 0 Å². The molecule has 2 unspecified atom stereocenters. The van der Waals surface area contributed by atoms with Gasteiger partial charge in [-0.25, -0.2) is 4.98 Å². The van der Waals surface area contributed by atoms with Gasteiger partial charge in [0.2, 0.25) is 0 Å². The van der Waals surface area contributed by atoms with Gasteiger partial charge in [-0.05, 0) is 38.3 Å². The highest BCUT2D eigenvalue weighted by Gasteiger charge is 2.33. The van der Waals surface area contributed by atoms with Crippen LogP contribution in [0.3, 0.4) is 0 Å². The average molecular weight is 262 g/mol. The zero-order chi connectivity index (χ0) is 13.4. The number of hydrogen-bond donors (Lipinski definition) is 1. The molecule has 3 heterocycles. The van der Waals surface area contributed by atoms with Gasteiger partial charge in [0.05, 0.1) is 4.92 Å². The Hall–Kier alpha value is -1.69. The number of pyridine rings is 1. The Morgan fingerprint density at radius 1 is 1.47 bits per heavy atom. The molecule has 1 aromatic heterocycles. The van der Waals surface area contributed by atoms with Crippen molar-refractivity contribution in [2.75, 3.05) is 24.5 Å². The highest BCUT2D eigenvalue weighted by molar-refractivity contribution is 5.47. The van der Waals surface area contributed by atoms with Crippen LogP contribution in [0.2, 0.25) is 0 Å². The van der Waals surface area contributed by atoms with Crippen LogP contribution in [0, 0.1) is 23.0 Å². The Morgan fingerprint density at radius 3 is 3.05 bits per heavy atom. The number of piperidine rings is 1. The van der Waals surface area contributed by atoms with Gasteiger partial charge in [-0.1, -0.05) is 0 Å². The number of rotatable bonds is 2. The molecule has 0 amide bonds. The predicted octanol–water partition coefficient (Wildman–Crippen LogP) is 1.49. The van der Waals surface area contributed by atoms with E-state index >= 15 is 0 Å². The number of nitro groups is 1. The molecular formula is C13H18N4O2. The van der Waals surface area contributed by atoms with Crippen LogP contribution in [0.15, 0.2) is 12.1 Å². The summed E-state index contributed by atoms with van der Waals surface area (Å²) in [6, 6.07) is 3.99. The van der Waals surface area contributed by atoms with Crippen LogP contribution in [0.4, 0.5) is 11.5 Å². The quantitative estimate of drug-likeness (QED) is 0.645. The second-order valence-corrected chi connectivity index (χ2v) is 5.38. The molecule has 6 nitrogen and oxygen atoms in total. The van der Waals surface area contributed by atoms with Crippen molar-refractivity contribution in [3.63, 3.8) is 0 Å². The molecule has 19 heavy (non-hydrogen) atoms. The van der Waals surface area contributed by atoms with Crippen LogP contribution in [0.25, 0.3) is 0 Å². The lowest BCUT2D eigenvalue weighted by Crippen LogP contribution is -2.44. The molecule has 0 radical (unpaired) electrons. The van der Waals surface area contributed by atoms with E-state index in [-0.39, 0.29) is 10.6 Å². The molecule has 3 rings (SSSR count). The van der Waals surface area contributed by atoms with Gasteiger partial charge in [-0.3, -0.25) is 10.1 Å². The molecule has 0 aromatic carbocycles. The lowest BCUT2D eigenvalue weighted by molar-refractivity contribution is -0.385. The highest BCUT2D eigenvalue weighted by Crippen LogP contribution is 2.28. The topological polar surface area (TPSA) is 71.3 Å². The summed E-state index contributed by atoms with van der Waals surface area (Å²) in [5, 5.41) is 14.3. The molecule has 2 fully saturated rings. The first-order chi connectivity index (χ1) is 9.15. The lowest BCUT2D eigenvalue weighted by atomic mass is 9.93. The van der Waals surface area contributed by atoms with Crippen LogP contribution < -0.4 is 10.2 Å². The Morgan fingerprint density at radius 2 is 2.32 bits per heavy atom. The average Bonchev–Trinajstić information content (AvgIpc) is 2.85. The SMILES string of the molecule is Cc1nc(N2CCC3NCCC3C2)ccc1[N+](=O)[O-]. The van der Waals surface area contributed by atoms with E-state index in [0.29, 0.717) is 17.7 Å². The van der Waals surface area contributed by atoms with Gasteiger partial charge in [0.25, 0.3) is 5.69 Å². The molecule has 0 spiro atoms. The molecule has 2 aliphatic heterocycles. The van der Waals surface area contributed by atoms with Crippen molar-refractivity contribution in [1.29, 1.82) is 0 Å². The molecule has 2 aliphatic rings. The number of fused-ring (bicyclic) bond motifs is 1. The fourth-order valence-electron chi connectivity index (χ4n) is 3.17. The Kier molecular flexibility index (Phi) is 3.10. The standard InChI is InChI=1S/C13H18N4O2/c1-9-12(17(18)19)2-3-13(15-9)16-7-5-11-10(8-16)4-6-14-11/h2-3,10-11,14H,4-8H2,1H3. The number of hydrogen-bond acceptors (Lipinski definition) is 5. The van der Waals surface area contributed by atoms with Crippen LogP contribution in [-0.2, 0) is 0 Å². The molecule has 6 heteroatoms. The normalized spacial score (nSPS) is 26.3. The van der Waals surface area contributed by atoms with Crippen molar-refractivity contribution < 1.29 is 4.92 Å². The fourth-order valence-corrected chi connectivity index (χ4v) is 3.17. The molecule has 102 valence electrons. The number of nitrogens with zero attached hydrogens (tertiary/aromatic N) is 3. The van der Waals surface area contributed by atoms with Gasteiger partial charge in [0.15, 0.2) is 0 Å². The van der Waals surface area contributed by atoms with E-state index in [2.05, 4.69) is 15.2 Å². The van der Waals surface area contributed by atoms with Gasteiger partial charge in [0, 0.05) is 25.2 Å². The van der Waals surface area contributed by atoms with Crippen molar-refractivity contribution in [2.24, 2.45) is 5.92 Å². The fraction of sp³-hybridized carbons (Fsp3) is 0.615. The van der Waals surface area contributed by atoms with Crippen LogP contribution in [-0.4, -0.2) is 35.6 Å². The third-order valence-electron chi connectivity index (χ3n) is 4.22. The first kappa shape index (κ1) is 12.3. The zero-order valence-electron chi connectivity index (χ0n) is 11.0. The molecule has 1 N–H and O–H groups in total. The molecule has 0 aliphatic carbocycles. The number of anilines is 1. The van der Waals surface area contributed by atoms with E-state index in [0.717, 1.165) is 31.9 Å². The summed E-state index contributed by atoms with van der Waals surface area (Å²) in [7, 11) is 0. The smallest absolute Gasteiger partial charge is 0.290 e. The first-order valence-electron chi connectivity index (χ1n) is 6.75. The Labute approximate surface area is 112 Å². The summed E-state index contributed by atoms with van der Waals surface area (Å²) in [6.45, 7) is 4.78. The minimum Gasteiger partial charge on any atom is -0.356 e. The largest absolute Gasteiger partial charge is 0.356 e. The van der Waals surface area contributed by atoms with Crippen molar-refractivity contribution in [1.82, 2.24) is 10.3 Å². The summed E-state index contributed by atoms with van der Waals surface area (Å²) in [6.07, 6.45) is 2.34. The number of aryl methyl sites for hydroxylation is 1. The zero-order valence-corrected chi connectivity index (χ0v) is 11.0. The molecule has 0 bridgehead atoms. The van der Waals surface area contributed by atoms with Crippen LogP contribution >= 0.6 is 0 Å². The van der Waals surface area contributed by atoms with E-state index in [1.54, 1.807) is 19.1 Å². The minimum absolute atomic E-state index is 0.0983. The molecule has 2 saturated heterocycles. The van der Waals surface area contributed by atoms with Crippen molar-refractivity contribution >= 4 is 11.5 Å². The maximum Gasteiger partial charge on any atom is 0.290 e. The third-order valence-corrected chi connectivity index (χ3v) is 4.22. The van der Waals surface area contributed by atoms with Gasteiger partial charge < -0.3 is 10.2 Å². The summed E-state index contributed by atoms with van der Waals surface area (Å²) >= 11 is 0.